The highest BCUT2D eigenvalue weighted by atomic mass is 28.3. The van der Waals surface area contributed by atoms with Crippen LogP contribution in [0.1, 0.15) is 41.0 Å². The lowest BCUT2D eigenvalue weighted by atomic mass is 10.2. The van der Waals surface area contributed by atoms with E-state index < -0.39 is 9.36 Å². The maximum atomic E-state index is 5.97. The van der Waals surface area contributed by atoms with E-state index in [1.165, 1.54) is 0 Å². The van der Waals surface area contributed by atoms with E-state index in [4.69, 9.17) is 4.43 Å². The second kappa shape index (κ2) is 12.1. The lowest BCUT2D eigenvalue weighted by Gasteiger charge is -2.21. The molecule has 0 amide bonds. The molecule has 110 valence electrons. The van der Waals surface area contributed by atoms with Crippen LogP contribution in [0, 0.1) is 11.8 Å². The Balaban J connectivity index is 3.74. The van der Waals surface area contributed by atoms with Gasteiger partial charge in [0.2, 0.25) is 0 Å². The van der Waals surface area contributed by atoms with E-state index in [0.717, 1.165) is 39.2 Å². The van der Waals surface area contributed by atoms with Crippen molar-refractivity contribution in [3.05, 3.63) is 0 Å². The molecular formula is C13H33N3OSi. The number of hydrogen-bond donors (Lipinski definition) is 3. The molecule has 18 heavy (non-hydrogen) atoms. The molecule has 0 aromatic heterocycles. The minimum Gasteiger partial charge on any atom is -0.394 e. The average Bonchev–Trinajstić information content (AvgIpc) is 2.30. The van der Waals surface area contributed by atoms with Crippen LogP contribution in [0.15, 0.2) is 0 Å². The summed E-state index contributed by atoms with van der Waals surface area (Å²) in [6.07, 6.45) is 1.09. The first-order chi connectivity index (χ1) is 8.56. The fourth-order valence-corrected chi connectivity index (χ4v) is 3.60. The van der Waals surface area contributed by atoms with E-state index in [9.17, 15) is 0 Å². The molecule has 0 spiro atoms. The van der Waals surface area contributed by atoms with Gasteiger partial charge in [-0.2, -0.15) is 0 Å². The Morgan fingerprint density at radius 2 is 1.56 bits per heavy atom. The third kappa shape index (κ3) is 12.5. The molecule has 0 atom stereocenters. The summed E-state index contributed by atoms with van der Waals surface area (Å²) < 4.78 is 5.97. The van der Waals surface area contributed by atoms with Crippen LogP contribution < -0.4 is 15.3 Å². The highest BCUT2D eigenvalue weighted by molar-refractivity contribution is 6.45. The topological polar surface area (TPSA) is 45.3 Å². The Bertz CT molecular complexity index is 168. The fraction of sp³-hybridized carbons (Fsp3) is 1.00. The van der Waals surface area contributed by atoms with E-state index in [0.29, 0.717) is 11.8 Å². The van der Waals surface area contributed by atoms with Crippen molar-refractivity contribution in [3.8, 4) is 0 Å². The molecule has 0 fully saturated rings. The largest absolute Gasteiger partial charge is 0.394 e. The van der Waals surface area contributed by atoms with Gasteiger partial charge in [-0.05, 0) is 44.4 Å². The Morgan fingerprint density at radius 1 is 1.00 bits per heavy atom. The Hall–Kier alpha value is 0.0569. The minimum atomic E-state index is -1.43. The van der Waals surface area contributed by atoms with E-state index in [2.05, 4.69) is 49.9 Å². The number of rotatable bonds is 12. The van der Waals surface area contributed by atoms with E-state index in [-0.39, 0.29) is 0 Å². The standard InChI is InChI=1S/C13H33N3OSi/c1-6-14-8-7-9-17-18(15-10-12(2)3)16-11-13(4)5/h12-16,18H,6-11H2,1-5H3. The van der Waals surface area contributed by atoms with Gasteiger partial charge in [0.25, 0.3) is 0 Å². The molecule has 0 aliphatic carbocycles. The van der Waals surface area contributed by atoms with E-state index >= 15 is 0 Å². The van der Waals surface area contributed by atoms with Crippen LogP contribution in [-0.2, 0) is 4.43 Å². The van der Waals surface area contributed by atoms with Crippen LogP contribution >= 0.6 is 0 Å². The highest BCUT2D eigenvalue weighted by Gasteiger charge is 2.12. The van der Waals surface area contributed by atoms with E-state index in [1.807, 2.05) is 0 Å². The second-order valence-electron chi connectivity index (χ2n) is 5.56. The van der Waals surface area contributed by atoms with Crippen LogP contribution in [0.2, 0.25) is 0 Å². The van der Waals surface area contributed by atoms with Gasteiger partial charge in [0.1, 0.15) is 0 Å². The first-order valence-electron chi connectivity index (χ1n) is 7.35. The molecule has 0 aromatic rings. The van der Waals surface area contributed by atoms with Crippen molar-refractivity contribution in [3.63, 3.8) is 0 Å². The van der Waals surface area contributed by atoms with Crippen molar-refractivity contribution in [2.24, 2.45) is 11.8 Å². The predicted molar refractivity (Wildman–Crippen MR) is 81.9 cm³/mol. The smallest absolute Gasteiger partial charge is 0.335 e. The Morgan fingerprint density at radius 3 is 2.00 bits per heavy atom. The van der Waals surface area contributed by atoms with Crippen LogP contribution in [0.4, 0.5) is 0 Å². The van der Waals surface area contributed by atoms with Crippen LogP contribution in [0.25, 0.3) is 0 Å². The zero-order valence-corrected chi connectivity index (χ0v) is 14.0. The summed E-state index contributed by atoms with van der Waals surface area (Å²) in [5, 5.41) is 3.32. The maximum Gasteiger partial charge on any atom is 0.335 e. The molecule has 0 radical (unpaired) electrons. The highest BCUT2D eigenvalue weighted by Crippen LogP contribution is 1.92. The third-order valence-electron chi connectivity index (χ3n) is 2.46. The van der Waals surface area contributed by atoms with Gasteiger partial charge < -0.3 is 19.7 Å². The van der Waals surface area contributed by atoms with Gasteiger partial charge in [-0.25, -0.2) is 0 Å². The first-order valence-corrected chi connectivity index (χ1v) is 8.98. The van der Waals surface area contributed by atoms with Crippen LogP contribution in [0.3, 0.4) is 0 Å². The molecule has 0 saturated heterocycles. The summed E-state index contributed by atoms with van der Waals surface area (Å²) in [7, 11) is -1.43. The molecule has 0 aliphatic heterocycles. The summed E-state index contributed by atoms with van der Waals surface area (Å²) in [5.74, 6) is 1.34. The summed E-state index contributed by atoms with van der Waals surface area (Å²) in [6.45, 7) is 16.1. The number of hydrogen-bond acceptors (Lipinski definition) is 4. The molecular weight excluding hydrogens is 242 g/mol. The molecule has 0 bridgehead atoms. The molecule has 5 heteroatoms. The molecule has 4 nitrogen and oxygen atoms in total. The van der Waals surface area contributed by atoms with Gasteiger partial charge in [-0.1, -0.05) is 34.6 Å². The molecule has 0 unspecified atom stereocenters. The average molecular weight is 276 g/mol. The van der Waals surface area contributed by atoms with Gasteiger partial charge in [0.05, 0.1) is 0 Å². The van der Waals surface area contributed by atoms with Crippen molar-refractivity contribution >= 4 is 9.36 Å². The molecule has 0 heterocycles. The van der Waals surface area contributed by atoms with Gasteiger partial charge in [-0.15, -0.1) is 0 Å². The third-order valence-corrected chi connectivity index (χ3v) is 4.24. The Labute approximate surface area is 115 Å². The van der Waals surface area contributed by atoms with Crippen molar-refractivity contribution < 1.29 is 4.43 Å². The van der Waals surface area contributed by atoms with Gasteiger partial charge in [-0.3, -0.25) is 0 Å². The zero-order valence-electron chi connectivity index (χ0n) is 12.9. The molecule has 0 rings (SSSR count). The molecule has 0 aromatic carbocycles. The summed E-state index contributed by atoms with van der Waals surface area (Å²) in [4.78, 5) is 7.10. The van der Waals surface area contributed by atoms with Crippen LogP contribution in [-0.4, -0.2) is 42.1 Å². The van der Waals surface area contributed by atoms with Gasteiger partial charge in [0.15, 0.2) is 0 Å². The zero-order chi connectivity index (χ0) is 13.8. The van der Waals surface area contributed by atoms with Crippen molar-refractivity contribution in [1.82, 2.24) is 15.3 Å². The normalized spacial score (nSPS) is 12.0. The maximum absolute atomic E-state index is 5.97. The minimum absolute atomic E-state index is 0.672. The monoisotopic (exact) mass is 275 g/mol. The predicted octanol–water partition coefficient (Wildman–Crippen LogP) is 1.21. The molecule has 0 saturated carbocycles. The van der Waals surface area contributed by atoms with Gasteiger partial charge >= 0.3 is 9.36 Å². The van der Waals surface area contributed by atoms with Crippen LogP contribution in [0.5, 0.6) is 0 Å². The summed E-state index contributed by atoms with van der Waals surface area (Å²) >= 11 is 0. The second-order valence-corrected chi connectivity index (χ2v) is 7.47. The molecule has 3 N–H and O–H groups in total. The quantitative estimate of drug-likeness (QED) is 0.370. The fourth-order valence-electron chi connectivity index (χ4n) is 1.45. The molecule has 0 aliphatic rings. The van der Waals surface area contributed by atoms with E-state index in [1.54, 1.807) is 0 Å². The summed E-state index contributed by atoms with van der Waals surface area (Å²) in [5.41, 5.74) is 0. The lowest BCUT2D eigenvalue weighted by Crippen LogP contribution is -2.52. The number of nitrogens with one attached hydrogen (secondary N) is 3. The lowest BCUT2D eigenvalue weighted by molar-refractivity contribution is 0.290. The SMILES string of the molecule is CCNCCCO[SiH](NCC(C)C)NCC(C)C. The van der Waals surface area contributed by atoms with Gasteiger partial charge in [0, 0.05) is 6.61 Å². The van der Waals surface area contributed by atoms with Crippen molar-refractivity contribution in [1.29, 1.82) is 0 Å². The van der Waals surface area contributed by atoms with Crippen molar-refractivity contribution in [2.75, 3.05) is 32.8 Å². The summed E-state index contributed by atoms with van der Waals surface area (Å²) in [6, 6.07) is 0. The first kappa shape index (κ1) is 18.1. The van der Waals surface area contributed by atoms with Crippen molar-refractivity contribution in [2.45, 2.75) is 41.0 Å². The Kier molecular flexibility index (Phi) is 12.1.